The van der Waals surface area contributed by atoms with Crippen LogP contribution in [0.25, 0.3) is 0 Å². The summed E-state index contributed by atoms with van der Waals surface area (Å²) in [5.41, 5.74) is 1.37. The van der Waals surface area contributed by atoms with Gasteiger partial charge in [0.15, 0.2) is 0 Å². The minimum Gasteiger partial charge on any atom is -0.308 e. The third-order valence-electron chi connectivity index (χ3n) is 3.29. The molecule has 0 fully saturated rings. The predicted molar refractivity (Wildman–Crippen MR) is 81.3 cm³/mol. The summed E-state index contributed by atoms with van der Waals surface area (Å²) in [5.74, 6) is 0.647. The van der Waals surface area contributed by atoms with Crippen molar-refractivity contribution in [1.82, 2.24) is 10.3 Å². The Labute approximate surface area is 116 Å². The highest BCUT2D eigenvalue weighted by Gasteiger charge is 2.24. The van der Waals surface area contributed by atoms with Gasteiger partial charge in [-0.05, 0) is 18.9 Å². The van der Waals surface area contributed by atoms with Crippen LogP contribution in [-0.4, -0.2) is 11.5 Å². The number of nitrogens with one attached hydrogen (secondary N) is 1. The average molecular weight is 268 g/mol. The van der Waals surface area contributed by atoms with Crippen LogP contribution < -0.4 is 5.32 Å². The van der Waals surface area contributed by atoms with Crippen LogP contribution in [0.3, 0.4) is 0 Å². The standard InChI is InChI=1S/C15H28N2S/c1-7-9-11(3)13(16-8-2)14-17-12(10-18-14)15(4,5)6/h10-11,13,16H,7-9H2,1-6H3. The molecule has 18 heavy (non-hydrogen) atoms. The summed E-state index contributed by atoms with van der Waals surface area (Å²) in [4.78, 5) is 4.86. The third-order valence-corrected chi connectivity index (χ3v) is 4.22. The molecule has 1 rings (SSSR count). The second-order valence-corrected chi connectivity index (χ2v) is 7.01. The van der Waals surface area contributed by atoms with Crippen molar-refractivity contribution in [2.24, 2.45) is 5.92 Å². The summed E-state index contributed by atoms with van der Waals surface area (Å²) in [5, 5.41) is 7.07. The first-order valence-electron chi connectivity index (χ1n) is 7.09. The van der Waals surface area contributed by atoms with Gasteiger partial charge in [-0.2, -0.15) is 0 Å². The highest BCUT2D eigenvalue weighted by atomic mass is 32.1. The predicted octanol–water partition coefficient (Wildman–Crippen LogP) is 4.53. The summed E-state index contributed by atoms with van der Waals surface area (Å²) in [7, 11) is 0. The van der Waals surface area contributed by atoms with Gasteiger partial charge in [-0.1, -0.05) is 48.0 Å². The molecule has 1 heterocycles. The van der Waals surface area contributed by atoms with Gasteiger partial charge in [-0.25, -0.2) is 4.98 Å². The highest BCUT2D eigenvalue weighted by molar-refractivity contribution is 7.09. The molecule has 104 valence electrons. The molecule has 1 aromatic heterocycles. The van der Waals surface area contributed by atoms with Crippen molar-refractivity contribution in [1.29, 1.82) is 0 Å². The average Bonchev–Trinajstić information content (AvgIpc) is 2.74. The van der Waals surface area contributed by atoms with Gasteiger partial charge in [0.1, 0.15) is 5.01 Å². The van der Waals surface area contributed by atoms with Crippen LogP contribution >= 0.6 is 11.3 Å². The zero-order chi connectivity index (χ0) is 13.8. The quantitative estimate of drug-likeness (QED) is 0.820. The number of nitrogens with zero attached hydrogens (tertiary/aromatic N) is 1. The number of hydrogen-bond donors (Lipinski definition) is 1. The van der Waals surface area contributed by atoms with Gasteiger partial charge in [-0.15, -0.1) is 11.3 Å². The number of aromatic nitrogens is 1. The van der Waals surface area contributed by atoms with Crippen molar-refractivity contribution >= 4 is 11.3 Å². The van der Waals surface area contributed by atoms with Gasteiger partial charge in [0, 0.05) is 10.8 Å². The molecule has 2 unspecified atom stereocenters. The van der Waals surface area contributed by atoms with Crippen molar-refractivity contribution < 1.29 is 0 Å². The maximum atomic E-state index is 4.86. The Morgan fingerprint density at radius 1 is 1.33 bits per heavy atom. The largest absolute Gasteiger partial charge is 0.308 e. The first kappa shape index (κ1) is 15.6. The molecule has 1 aromatic rings. The molecule has 2 nitrogen and oxygen atoms in total. The first-order chi connectivity index (χ1) is 8.40. The molecule has 0 saturated heterocycles. The molecule has 0 saturated carbocycles. The van der Waals surface area contributed by atoms with Gasteiger partial charge in [0.2, 0.25) is 0 Å². The highest BCUT2D eigenvalue weighted by Crippen LogP contribution is 2.31. The molecule has 0 aliphatic carbocycles. The molecule has 2 atom stereocenters. The minimum absolute atomic E-state index is 0.152. The van der Waals surface area contributed by atoms with Crippen molar-refractivity contribution in [2.75, 3.05) is 6.54 Å². The fourth-order valence-corrected chi connectivity index (χ4v) is 3.40. The molecule has 0 aliphatic rings. The van der Waals surface area contributed by atoms with Crippen LogP contribution in [-0.2, 0) is 5.41 Å². The van der Waals surface area contributed by atoms with E-state index in [2.05, 4.69) is 52.2 Å². The molecule has 0 aromatic carbocycles. The zero-order valence-electron chi connectivity index (χ0n) is 12.7. The monoisotopic (exact) mass is 268 g/mol. The van der Waals surface area contributed by atoms with E-state index in [1.165, 1.54) is 23.5 Å². The molecule has 0 amide bonds. The van der Waals surface area contributed by atoms with Crippen molar-refractivity contribution in [3.63, 3.8) is 0 Å². The molecular formula is C15H28N2S. The molecule has 0 spiro atoms. The Morgan fingerprint density at radius 3 is 2.44 bits per heavy atom. The van der Waals surface area contributed by atoms with E-state index in [1.807, 2.05) is 0 Å². The van der Waals surface area contributed by atoms with E-state index in [-0.39, 0.29) is 5.41 Å². The maximum Gasteiger partial charge on any atom is 0.110 e. The lowest BCUT2D eigenvalue weighted by molar-refractivity contribution is 0.367. The SMILES string of the molecule is CCCC(C)C(NCC)c1nc(C(C)(C)C)cs1. The van der Waals surface area contributed by atoms with E-state index in [0.29, 0.717) is 12.0 Å². The number of rotatable bonds is 6. The van der Waals surface area contributed by atoms with Gasteiger partial charge < -0.3 is 5.32 Å². The Hall–Kier alpha value is -0.410. The van der Waals surface area contributed by atoms with Crippen molar-refractivity contribution in [2.45, 2.75) is 65.8 Å². The van der Waals surface area contributed by atoms with Crippen LogP contribution in [0.1, 0.15) is 71.1 Å². The van der Waals surface area contributed by atoms with Crippen LogP contribution in [0.15, 0.2) is 5.38 Å². The Balaban J connectivity index is 2.89. The Bertz CT molecular complexity index is 352. The van der Waals surface area contributed by atoms with E-state index in [1.54, 1.807) is 11.3 Å². The maximum absolute atomic E-state index is 4.86. The molecule has 3 heteroatoms. The lowest BCUT2D eigenvalue weighted by atomic mass is 9.93. The van der Waals surface area contributed by atoms with Crippen LogP contribution in [0.5, 0.6) is 0 Å². The van der Waals surface area contributed by atoms with Gasteiger partial charge in [0.05, 0.1) is 11.7 Å². The summed E-state index contributed by atoms with van der Waals surface area (Å²) < 4.78 is 0. The molecule has 0 aliphatic heterocycles. The smallest absolute Gasteiger partial charge is 0.110 e. The Morgan fingerprint density at radius 2 is 2.00 bits per heavy atom. The second-order valence-electron chi connectivity index (χ2n) is 6.12. The van der Waals surface area contributed by atoms with Gasteiger partial charge in [0.25, 0.3) is 0 Å². The van der Waals surface area contributed by atoms with Gasteiger partial charge >= 0.3 is 0 Å². The van der Waals surface area contributed by atoms with Crippen molar-refractivity contribution in [3.05, 3.63) is 16.1 Å². The van der Waals surface area contributed by atoms with E-state index in [9.17, 15) is 0 Å². The molecule has 0 bridgehead atoms. The summed E-state index contributed by atoms with van der Waals surface area (Å²) in [6.07, 6.45) is 2.49. The van der Waals surface area contributed by atoms with E-state index in [4.69, 9.17) is 4.98 Å². The molecule has 0 radical (unpaired) electrons. The van der Waals surface area contributed by atoms with E-state index in [0.717, 1.165) is 6.54 Å². The lowest BCUT2D eigenvalue weighted by Crippen LogP contribution is -2.27. The molecule has 1 N–H and O–H groups in total. The third kappa shape index (κ3) is 4.06. The van der Waals surface area contributed by atoms with Crippen molar-refractivity contribution in [3.8, 4) is 0 Å². The molecular weight excluding hydrogens is 240 g/mol. The Kier molecular flexibility index (Phi) is 5.80. The normalized spacial score (nSPS) is 15.7. The van der Waals surface area contributed by atoms with Gasteiger partial charge in [-0.3, -0.25) is 0 Å². The number of thiazole rings is 1. The topological polar surface area (TPSA) is 24.9 Å². The first-order valence-corrected chi connectivity index (χ1v) is 7.97. The summed E-state index contributed by atoms with van der Waals surface area (Å²) in [6.45, 7) is 14.4. The fourth-order valence-electron chi connectivity index (χ4n) is 2.15. The van der Waals surface area contributed by atoms with E-state index >= 15 is 0 Å². The fraction of sp³-hybridized carbons (Fsp3) is 0.800. The number of hydrogen-bond acceptors (Lipinski definition) is 3. The summed E-state index contributed by atoms with van der Waals surface area (Å²) in [6, 6.07) is 0.413. The lowest BCUT2D eigenvalue weighted by Gasteiger charge is -2.23. The van der Waals surface area contributed by atoms with Crippen LogP contribution in [0.2, 0.25) is 0 Å². The van der Waals surface area contributed by atoms with Crippen LogP contribution in [0.4, 0.5) is 0 Å². The second kappa shape index (κ2) is 6.67. The zero-order valence-corrected chi connectivity index (χ0v) is 13.5. The summed E-state index contributed by atoms with van der Waals surface area (Å²) >= 11 is 1.81. The minimum atomic E-state index is 0.152. The van der Waals surface area contributed by atoms with E-state index < -0.39 is 0 Å². The van der Waals surface area contributed by atoms with Crippen LogP contribution in [0, 0.1) is 5.92 Å².